The zero-order valence-corrected chi connectivity index (χ0v) is 13.0. The second-order valence-electron chi connectivity index (χ2n) is 5.09. The maximum absolute atomic E-state index is 11.9. The van der Waals surface area contributed by atoms with Gasteiger partial charge in [-0.3, -0.25) is 15.4 Å². The SMILES string of the molecule is O=C(Nc1ccnn1-c1ccc([N+](=O)[O-])cc1)OCc1ccccc1. The van der Waals surface area contributed by atoms with E-state index in [-0.39, 0.29) is 12.3 Å². The van der Waals surface area contributed by atoms with Gasteiger partial charge in [0.1, 0.15) is 12.4 Å². The summed E-state index contributed by atoms with van der Waals surface area (Å²) >= 11 is 0. The van der Waals surface area contributed by atoms with Gasteiger partial charge in [0.2, 0.25) is 0 Å². The molecule has 0 aliphatic carbocycles. The number of benzene rings is 2. The Bertz CT molecular complexity index is 875. The summed E-state index contributed by atoms with van der Waals surface area (Å²) in [5.41, 5.74) is 1.43. The van der Waals surface area contributed by atoms with E-state index in [1.54, 1.807) is 18.2 Å². The Hall–Kier alpha value is -3.68. The van der Waals surface area contributed by atoms with Gasteiger partial charge in [0.15, 0.2) is 0 Å². The molecule has 0 unspecified atom stereocenters. The van der Waals surface area contributed by atoms with E-state index in [1.165, 1.54) is 23.0 Å². The highest BCUT2D eigenvalue weighted by atomic mass is 16.6. The molecule has 0 aliphatic heterocycles. The predicted octanol–water partition coefficient (Wildman–Crippen LogP) is 3.53. The molecule has 25 heavy (non-hydrogen) atoms. The Kier molecular flexibility index (Phi) is 4.70. The molecule has 0 saturated heterocycles. The number of amides is 1. The number of nitrogens with one attached hydrogen (secondary N) is 1. The average Bonchev–Trinajstić information content (AvgIpc) is 3.09. The van der Waals surface area contributed by atoms with E-state index in [4.69, 9.17) is 4.74 Å². The van der Waals surface area contributed by atoms with Crippen molar-refractivity contribution in [1.82, 2.24) is 9.78 Å². The van der Waals surface area contributed by atoms with Crippen molar-refractivity contribution in [2.24, 2.45) is 0 Å². The summed E-state index contributed by atoms with van der Waals surface area (Å²) in [6.45, 7) is 0.151. The number of carbonyl (C=O) groups is 1. The van der Waals surface area contributed by atoms with E-state index < -0.39 is 11.0 Å². The maximum Gasteiger partial charge on any atom is 0.413 e. The van der Waals surface area contributed by atoms with Crippen LogP contribution < -0.4 is 5.32 Å². The summed E-state index contributed by atoms with van der Waals surface area (Å²) in [4.78, 5) is 22.2. The third kappa shape index (κ3) is 3.99. The van der Waals surface area contributed by atoms with Gasteiger partial charge < -0.3 is 4.74 Å². The zero-order valence-electron chi connectivity index (χ0n) is 13.0. The van der Waals surface area contributed by atoms with Gasteiger partial charge in [0, 0.05) is 18.2 Å². The van der Waals surface area contributed by atoms with E-state index in [9.17, 15) is 14.9 Å². The normalized spacial score (nSPS) is 10.2. The van der Waals surface area contributed by atoms with Crippen molar-refractivity contribution in [2.75, 3.05) is 5.32 Å². The molecule has 0 saturated carbocycles. The summed E-state index contributed by atoms with van der Waals surface area (Å²) in [6.07, 6.45) is 0.890. The highest BCUT2D eigenvalue weighted by molar-refractivity contribution is 5.83. The second-order valence-corrected chi connectivity index (χ2v) is 5.09. The third-order valence-electron chi connectivity index (χ3n) is 3.39. The number of aromatic nitrogens is 2. The molecular weight excluding hydrogens is 324 g/mol. The molecule has 3 aromatic rings. The maximum atomic E-state index is 11.9. The summed E-state index contributed by atoms with van der Waals surface area (Å²) in [5, 5.41) is 17.4. The lowest BCUT2D eigenvalue weighted by Gasteiger charge is -2.09. The minimum atomic E-state index is -0.618. The number of hydrogen-bond donors (Lipinski definition) is 1. The van der Waals surface area contributed by atoms with E-state index >= 15 is 0 Å². The van der Waals surface area contributed by atoms with Crippen LogP contribution in [0.2, 0.25) is 0 Å². The Labute approximate surface area is 142 Å². The number of anilines is 1. The van der Waals surface area contributed by atoms with Crippen LogP contribution in [-0.2, 0) is 11.3 Å². The first kappa shape index (κ1) is 16.2. The van der Waals surface area contributed by atoms with Crippen molar-refractivity contribution >= 4 is 17.6 Å². The van der Waals surface area contributed by atoms with Crippen molar-refractivity contribution in [3.8, 4) is 5.69 Å². The van der Waals surface area contributed by atoms with Crippen molar-refractivity contribution in [1.29, 1.82) is 0 Å². The standard InChI is InChI=1S/C17H14N4O4/c22-17(25-12-13-4-2-1-3-5-13)19-16-10-11-18-20(16)14-6-8-15(9-7-14)21(23)24/h1-11H,12H2,(H,19,22). The number of ether oxygens (including phenoxy) is 1. The van der Waals surface area contributed by atoms with Crippen LogP contribution in [0, 0.1) is 10.1 Å². The topological polar surface area (TPSA) is 99.3 Å². The van der Waals surface area contributed by atoms with Gasteiger partial charge in [0.25, 0.3) is 5.69 Å². The van der Waals surface area contributed by atoms with Gasteiger partial charge in [-0.15, -0.1) is 0 Å². The molecule has 1 amide bonds. The molecule has 0 bridgehead atoms. The average molecular weight is 338 g/mol. The second kappa shape index (κ2) is 7.26. The van der Waals surface area contributed by atoms with Crippen LogP contribution in [0.4, 0.5) is 16.3 Å². The highest BCUT2D eigenvalue weighted by Gasteiger charge is 2.11. The van der Waals surface area contributed by atoms with E-state index in [2.05, 4.69) is 10.4 Å². The number of carbonyl (C=O) groups excluding carboxylic acids is 1. The molecule has 2 aromatic carbocycles. The molecule has 3 rings (SSSR count). The largest absolute Gasteiger partial charge is 0.444 e. The number of rotatable bonds is 5. The number of nitrogens with zero attached hydrogens (tertiary/aromatic N) is 3. The minimum Gasteiger partial charge on any atom is -0.444 e. The number of non-ortho nitro benzene ring substituents is 1. The minimum absolute atomic E-state index is 0.0207. The smallest absolute Gasteiger partial charge is 0.413 e. The predicted molar refractivity (Wildman–Crippen MR) is 90.5 cm³/mol. The van der Waals surface area contributed by atoms with Crippen molar-refractivity contribution in [3.63, 3.8) is 0 Å². The van der Waals surface area contributed by atoms with Crippen LogP contribution in [0.3, 0.4) is 0 Å². The summed E-state index contributed by atoms with van der Waals surface area (Å²) in [5.74, 6) is 0.395. The van der Waals surface area contributed by atoms with Crippen LogP contribution in [0.5, 0.6) is 0 Å². The van der Waals surface area contributed by atoms with Gasteiger partial charge in [-0.25, -0.2) is 9.48 Å². The molecule has 0 aliphatic rings. The number of nitro benzene ring substituents is 1. The molecule has 8 heteroatoms. The Morgan fingerprint density at radius 3 is 2.52 bits per heavy atom. The molecule has 0 atom stereocenters. The number of hydrogen-bond acceptors (Lipinski definition) is 5. The van der Waals surface area contributed by atoms with Crippen LogP contribution in [0.15, 0.2) is 66.9 Å². The van der Waals surface area contributed by atoms with E-state index in [0.29, 0.717) is 11.5 Å². The first-order valence-corrected chi connectivity index (χ1v) is 7.40. The molecule has 0 fully saturated rings. The monoisotopic (exact) mass is 338 g/mol. The molecule has 126 valence electrons. The van der Waals surface area contributed by atoms with Crippen molar-refractivity contribution < 1.29 is 14.5 Å². The van der Waals surface area contributed by atoms with Gasteiger partial charge in [0.05, 0.1) is 16.8 Å². The van der Waals surface area contributed by atoms with Crippen LogP contribution in [-0.4, -0.2) is 20.8 Å². The lowest BCUT2D eigenvalue weighted by molar-refractivity contribution is -0.384. The van der Waals surface area contributed by atoms with E-state index in [1.807, 2.05) is 30.3 Å². The fourth-order valence-corrected chi connectivity index (χ4v) is 2.18. The van der Waals surface area contributed by atoms with Gasteiger partial charge in [-0.05, 0) is 17.7 Å². The zero-order chi connectivity index (χ0) is 17.6. The highest BCUT2D eigenvalue weighted by Crippen LogP contribution is 2.18. The van der Waals surface area contributed by atoms with Gasteiger partial charge in [-0.2, -0.15) is 5.10 Å². The lowest BCUT2D eigenvalue weighted by atomic mass is 10.2. The quantitative estimate of drug-likeness (QED) is 0.567. The molecule has 1 aromatic heterocycles. The van der Waals surface area contributed by atoms with Crippen LogP contribution >= 0.6 is 0 Å². The molecular formula is C17H14N4O4. The number of nitro groups is 1. The Morgan fingerprint density at radius 2 is 1.84 bits per heavy atom. The fraction of sp³-hybridized carbons (Fsp3) is 0.0588. The van der Waals surface area contributed by atoms with Gasteiger partial charge >= 0.3 is 6.09 Å². The van der Waals surface area contributed by atoms with E-state index in [0.717, 1.165) is 5.56 Å². The lowest BCUT2D eigenvalue weighted by Crippen LogP contribution is -2.16. The first-order valence-electron chi connectivity index (χ1n) is 7.40. The fourth-order valence-electron chi connectivity index (χ4n) is 2.18. The van der Waals surface area contributed by atoms with Crippen molar-refractivity contribution in [3.05, 3.63) is 82.5 Å². The summed E-state index contributed by atoms with van der Waals surface area (Å²) in [7, 11) is 0. The molecule has 0 radical (unpaired) electrons. The third-order valence-corrected chi connectivity index (χ3v) is 3.39. The summed E-state index contributed by atoms with van der Waals surface area (Å²) in [6, 6.07) is 16.8. The van der Waals surface area contributed by atoms with Crippen LogP contribution in [0.1, 0.15) is 5.56 Å². The van der Waals surface area contributed by atoms with Gasteiger partial charge in [-0.1, -0.05) is 30.3 Å². The van der Waals surface area contributed by atoms with Crippen LogP contribution in [0.25, 0.3) is 5.69 Å². The molecule has 1 N–H and O–H groups in total. The molecule has 8 nitrogen and oxygen atoms in total. The Balaban J connectivity index is 1.67. The molecule has 0 spiro atoms. The summed E-state index contributed by atoms with van der Waals surface area (Å²) < 4.78 is 6.61. The van der Waals surface area contributed by atoms with Crippen molar-refractivity contribution in [2.45, 2.75) is 6.61 Å². The Morgan fingerprint density at radius 1 is 1.12 bits per heavy atom. The molecule has 1 heterocycles. The first-order chi connectivity index (χ1) is 12.1.